The molecule has 0 aromatic carbocycles. The number of halogens is 1. The number of rotatable bonds is 5. The quantitative estimate of drug-likeness (QED) is 0.903. The highest BCUT2D eigenvalue weighted by Crippen LogP contribution is 2.21. The first-order chi connectivity index (χ1) is 8.66. The zero-order valence-electron chi connectivity index (χ0n) is 11.3. The van der Waals surface area contributed by atoms with Crippen molar-refractivity contribution in [3.05, 3.63) is 22.6 Å². The summed E-state index contributed by atoms with van der Waals surface area (Å²) in [6, 6.07) is 3.13. The number of nitrogens with zero attached hydrogens (tertiary/aromatic N) is 1. The second-order valence-electron chi connectivity index (χ2n) is 5.36. The first-order valence-electron chi connectivity index (χ1n) is 6.86. The molecule has 0 saturated carbocycles. The van der Waals surface area contributed by atoms with E-state index in [4.69, 9.17) is 4.42 Å². The lowest BCUT2D eigenvalue weighted by molar-refractivity contribution is 0.165. The molecular weight excluding hydrogens is 292 g/mol. The van der Waals surface area contributed by atoms with Crippen LogP contribution in [0.25, 0.3) is 0 Å². The topological polar surface area (TPSA) is 28.4 Å². The van der Waals surface area contributed by atoms with E-state index in [-0.39, 0.29) is 0 Å². The van der Waals surface area contributed by atoms with E-state index in [9.17, 15) is 0 Å². The number of hydrogen-bond donors (Lipinski definition) is 1. The van der Waals surface area contributed by atoms with Crippen LogP contribution >= 0.6 is 15.9 Å². The average molecular weight is 315 g/mol. The van der Waals surface area contributed by atoms with E-state index in [0.29, 0.717) is 12.1 Å². The van der Waals surface area contributed by atoms with Crippen molar-refractivity contribution < 1.29 is 4.42 Å². The molecule has 18 heavy (non-hydrogen) atoms. The van der Waals surface area contributed by atoms with Crippen LogP contribution in [0.2, 0.25) is 0 Å². The molecule has 1 saturated heterocycles. The SMILES string of the molecule is CC(C)N(Cc1occc1Br)CC1CCCCN1. The Labute approximate surface area is 118 Å². The molecule has 1 aliphatic rings. The maximum Gasteiger partial charge on any atom is 0.131 e. The summed E-state index contributed by atoms with van der Waals surface area (Å²) in [7, 11) is 0. The molecule has 3 nitrogen and oxygen atoms in total. The highest BCUT2D eigenvalue weighted by Gasteiger charge is 2.20. The molecule has 2 rings (SSSR count). The predicted molar refractivity (Wildman–Crippen MR) is 77.6 cm³/mol. The maximum absolute atomic E-state index is 5.53. The van der Waals surface area contributed by atoms with E-state index in [2.05, 4.69) is 40.0 Å². The van der Waals surface area contributed by atoms with Crippen LogP contribution < -0.4 is 5.32 Å². The molecule has 1 aliphatic heterocycles. The minimum absolute atomic E-state index is 0.533. The second-order valence-corrected chi connectivity index (χ2v) is 6.22. The van der Waals surface area contributed by atoms with Gasteiger partial charge in [-0.15, -0.1) is 0 Å². The lowest BCUT2D eigenvalue weighted by atomic mass is 10.0. The van der Waals surface area contributed by atoms with Crippen molar-refractivity contribution in [2.45, 2.75) is 51.7 Å². The zero-order chi connectivity index (χ0) is 13.0. The van der Waals surface area contributed by atoms with E-state index in [1.807, 2.05) is 6.07 Å². The van der Waals surface area contributed by atoms with Crippen LogP contribution in [0, 0.1) is 0 Å². The van der Waals surface area contributed by atoms with Crippen LogP contribution in [0.3, 0.4) is 0 Å². The standard InChI is InChI=1S/C14H23BrN2O/c1-11(2)17(9-12-5-3-4-7-16-12)10-14-13(15)6-8-18-14/h6,8,11-12,16H,3-5,7,9-10H2,1-2H3. The first-order valence-corrected chi connectivity index (χ1v) is 7.65. The molecule has 1 fully saturated rings. The Hall–Kier alpha value is -0.320. The molecule has 0 spiro atoms. The van der Waals surface area contributed by atoms with Gasteiger partial charge in [0.2, 0.25) is 0 Å². The summed E-state index contributed by atoms with van der Waals surface area (Å²) in [6.07, 6.45) is 5.72. The summed E-state index contributed by atoms with van der Waals surface area (Å²) in [5.74, 6) is 1.03. The number of hydrogen-bond acceptors (Lipinski definition) is 3. The van der Waals surface area contributed by atoms with Crippen LogP contribution in [0.4, 0.5) is 0 Å². The van der Waals surface area contributed by atoms with Gasteiger partial charge in [-0.3, -0.25) is 4.90 Å². The Balaban J connectivity index is 1.93. The second kappa shape index (κ2) is 6.73. The van der Waals surface area contributed by atoms with Crippen LogP contribution in [-0.4, -0.2) is 30.1 Å². The largest absolute Gasteiger partial charge is 0.467 e. The van der Waals surface area contributed by atoms with Gasteiger partial charge in [-0.25, -0.2) is 0 Å². The smallest absolute Gasteiger partial charge is 0.131 e. The third kappa shape index (κ3) is 3.84. The molecule has 1 atom stereocenters. The van der Waals surface area contributed by atoms with Crippen molar-refractivity contribution in [3.8, 4) is 0 Å². The molecule has 1 aromatic heterocycles. The lowest BCUT2D eigenvalue weighted by Crippen LogP contribution is -2.45. The van der Waals surface area contributed by atoms with Gasteiger partial charge in [0.05, 0.1) is 17.3 Å². The van der Waals surface area contributed by atoms with Gasteiger partial charge in [0.25, 0.3) is 0 Å². The van der Waals surface area contributed by atoms with Gasteiger partial charge in [0.1, 0.15) is 5.76 Å². The fraction of sp³-hybridized carbons (Fsp3) is 0.714. The minimum atomic E-state index is 0.533. The molecule has 2 heterocycles. The highest BCUT2D eigenvalue weighted by molar-refractivity contribution is 9.10. The Morgan fingerprint density at radius 2 is 2.33 bits per heavy atom. The van der Waals surface area contributed by atoms with Crippen molar-refractivity contribution in [2.75, 3.05) is 13.1 Å². The maximum atomic E-state index is 5.53. The van der Waals surface area contributed by atoms with Crippen LogP contribution in [0.5, 0.6) is 0 Å². The number of piperidine rings is 1. The lowest BCUT2D eigenvalue weighted by Gasteiger charge is -2.32. The van der Waals surface area contributed by atoms with Crippen LogP contribution in [0.1, 0.15) is 38.9 Å². The first kappa shape index (κ1) is 14.1. The minimum Gasteiger partial charge on any atom is -0.467 e. The summed E-state index contributed by atoms with van der Waals surface area (Å²) < 4.78 is 6.60. The van der Waals surface area contributed by atoms with Crippen molar-refractivity contribution in [2.24, 2.45) is 0 Å². The highest BCUT2D eigenvalue weighted by atomic mass is 79.9. The molecule has 0 bridgehead atoms. The summed E-state index contributed by atoms with van der Waals surface area (Å²) in [5.41, 5.74) is 0. The van der Waals surface area contributed by atoms with Crippen molar-refractivity contribution >= 4 is 15.9 Å². The molecule has 0 amide bonds. The van der Waals surface area contributed by atoms with Gasteiger partial charge in [-0.2, -0.15) is 0 Å². The predicted octanol–water partition coefficient (Wildman–Crippen LogP) is 3.39. The summed E-state index contributed by atoms with van der Waals surface area (Å²) in [4.78, 5) is 2.48. The monoisotopic (exact) mass is 314 g/mol. The molecule has 4 heteroatoms. The fourth-order valence-corrected chi connectivity index (χ4v) is 2.77. The Morgan fingerprint density at radius 1 is 1.50 bits per heavy atom. The summed E-state index contributed by atoms with van der Waals surface area (Å²) in [6.45, 7) is 7.65. The van der Waals surface area contributed by atoms with Crippen LogP contribution in [0.15, 0.2) is 21.2 Å². The van der Waals surface area contributed by atoms with Gasteiger partial charge < -0.3 is 9.73 Å². The van der Waals surface area contributed by atoms with E-state index < -0.39 is 0 Å². The average Bonchev–Trinajstić information content (AvgIpc) is 2.75. The van der Waals surface area contributed by atoms with E-state index in [1.54, 1.807) is 6.26 Å². The van der Waals surface area contributed by atoms with E-state index >= 15 is 0 Å². The van der Waals surface area contributed by atoms with Gasteiger partial charge in [0, 0.05) is 18.6 Å². The van der Waals surface area contributed by atoms with E-state index in [0.717, 1.165) is 23.3 Å². The van der Waals surface area contributed by atoms with Gasteiger partial charge >= 0.3 is 0 Å². The molecule has 1 unspecified atom stereocenters. The molecule has 0 radical (unpaired) electrons. The van der Waals surface area contributed by atoms with Crippen molar-refractivity contribution in [3.63, 3.8) is 0 Å². The summed E-state index contributed by atoms with van der Waals surface area (Å²) >= 11 is 3.53. The Morgan fingerprint density at radius 3 is 2.89 bits per heavy atom. The third-order valence-electron chi connectivity index (χ3n) is 3.64. The Bertz CT molecular complexity index is 358. The van der Waals surface area contributed by atoms with Crippen molar-refractivity contribution in [1.29, 1.82) is 0 Å². The zero-order valence-corrected chi connectivity index (χ0v) is 12.9. The molecule has 1 aromatic rings. The number of furan rings is 1. The van der Waals surface area contributed by atoms with E-state index in [1.165, 1.54) is 25.8 Å². The molecule has 102 valence electrons. The Kier molecular flexibility index (Phi) is 5.27. The van der Waals surface area contributed by atoms with Crippen molar-refractivity contribution in [1.82, 2.24) is 10.2 Å². The molecule has 0 aliphatic carbocycles. The van der Waals surface area contributed by atoms with Gasteiger partial charge in [-0.05, 0) is 55.2 Å². The number of nitrogens with one attached hydrogen (secondary N) is 1. The molecular formula is C14H23BrN2O. The van der Waals surface area contributed by atoms with Gasteiger partial charge in [0.15, 0.2) is 0 Å². The van der Waals surface area contributed by atoms with Crippen LogP contribution in [-0.2, 0) is 6.54 Å². The fourth-order valence-electron chi connectivity index (χ4n) is 2.44. The normalized spacial score (nSPS) is 20.8. The summed E-state index contributed by atoms with van der Waals surface area (Å²) in [5, 5.41) is 3.61. The third-order valence-corrected chi connectivity index (χ3v) is 4.34. The molecule has 1 N–H and O–H groups in total. The van der Waals surface area contributed by atoms with Gasteiger partial charge in [-0.1, -0.05) is 6.42 Å².